The Morgan fingerprint density at radius 2 is 1.00 bits per heavy atom. The van der Waals surface area contributed by atoms with Crippen LogP contribution >= 0.6 is 7.82 Å². The number of allylic oxidation sites excluding steroid dienone is 4. The molecule has 0 saturated heterocycles. The summed E-state index contributed by atoms with van der Waals surface area (Å²) in [5.74, 6) is -0.838. The SMILES string of the molecule is CCCCC/C=C\C/C=C\CCCCCCCCCC(=O)OC[C@H](COP(=O)([O-])OCC[N+](C)(C)C)OC(=O)CCCCCCCCCCCCCCC. The molecule has 1 unspecified atom stereocenters. The number of carbonyl (C=O) groups excluding carboxylic acids is 2. The molecule has 0 fully saturated rings. The molecule has 0 aromatic rings. The van der Waals surface area contributed by atoms with Crippen molar-refractivity contribution in [3.8, 4) is 0 Å². The highest BCUT2D eigenvalue weighted by molar-refractivity contribution is 7.45. The first-order chi connectivity index (χ1) is 26.0. The molecule has 2 atom stereocenters. The van der Waals surface area contributed by atoms with Crippen molar-refractivity contribution in [1.29, 1.82) is 0 Å². The van der Waals surface area contributed by atoms with Crippen molar-refractivity contribution in [1.82, 2.24) is 0 Å². The average Bonchev–Trinajstić information content (AvgIpc) is 3.12. The maximum Gasteiger partial charge on any atom is 0.306 e. The summed E-state index contributed by atoms with van der Waals surface area (Å²) in [6.07, 6.45) is 39.1. The van der Waals surface area contributed by atoms with Crippen molar-refractivity contribution >= 4 is 19.8 Å². The second kappa shape index (κ2) is 37.1. The molecule has 0 aliphatic heterocycles. The highest BCUT2D eigenvalue weighted by atomic mass is 31.2. The minimum absolute atomic E-state index is 0.0303. The van der Waals surface area contributed by atoms with E-state index in [4.69, 9.17) is 18.5 Å². The van der Waals surface area contributed by atoms with E-state index in [9.17, 15) is 19.0 Å². The summed E-state index contributed by atoms with van der Waals surface area (Å²) in [5.41, 5.74) is 0. The van der Waals surface area contributed by atoms with Gasteiger partial charge in [0.2, 0.25) is 0 Å². The lowest BCUT2D eigenvalue weighted by atomic mass is 10.0. The number of rotatable bonds is 40. The summed E-state index contributed by atoms with van der Waals surface area (Å²) in [6.45, 7) is 4.20. The molecule has 10 heteroatoms. The van der Waals surface area contributed by atoms with E-state index < -0.39 is 26.5 Å². The van der Waals surface area contributed by atoms with Gasteiger partial charge in [-0.1, -0.05) is 160 Å². The fourth-order valence-electron chi connectivity index (χ4n) is 5.98. The van der Waals surface area contributed by atoms with E-state index in [0.717, 1.165) is 51.4 Å². The van der Waals surface area contributed by atoms with Crippen LogP contribution in [-0.4, -0.2) is 70.0 Å². The molecule has 0 rings (SSSR count). The molecule has 0 spiro atoms. The van der Waals surface area contributed by atoms with Crippen molar-refractivity contribution in [3.05, 3.63) is 24.3 Å². The van der Waals surface area contributed by atoms with Gasteiger partial charge in [-0.2, -0.15) is 0 Å². The normalized spacial score (nSPS) is 13.8. The van der Waals surface area contributed by atoms with Crippen LogP contribution in [0.4, 0.5) is 0 Å². The van der Waals surface area contributed by atoms with Crippen LogP contribution in [0.1, 0.15) is 194 Å². The molecule has 0 amide bonds. The number of unbranched alkanes of at least 4 members (excludes halogenated alkanes) is 22. The zero-order valence-electron chi connectivity index (χ0n) is 35.7. The molecule has 0 saturated carbocycles. The van der Waals surface area contributed by atoms with Gasteiger partial charge in [-0.25, -0.2) is 0 Å². The monoisotopic (exact) mass is 786 g/mol. The number of phosphoric acid groups is 1. The number of phosphoric ester groups is 1. The highest BCUT2D eigenvalue weighted by Gasteiger charge is 2.21. The van der Waals surface area contributed by atoms with Gasteiger partial charge in [-0.05, 0) is 44.9 Å². The van der Waals surface area contributed by atoms with E-state index in [0.29, 0.717) is 17.4 Å². The molecule has 0 aliphatic carbocycles. The van der Waals surface area contributed by atoms with E-state index >= 15 is 0 Å². The Morgan fingerprint density at radius 1 is 0.574 bits per heavy atom. The number of carbonyl (C=O) groups is 2. The lowest BCUT2D eigenvalue weighted by Crippen LogP contribution is -2.37. The molecule has 318 valence electrons. The molecule has 54 heavy (non-hydrogen) atoms. The fraction of sp³-hybridized carbons (Fsp3) is 0.864. The Hall–Kier alpha value is -1.51. The molecule has 0 aromatic heterocycles. The maximum atomic E-state index is 12.6. The van der Waals surface area contributed by atoms with Crippen molar-refractivity contribution in [2.24, 2.45) is 0 Å². The molecular formula is C44H84NO8P. The maximum absolute atomic E-state index is 12.6. The molecule has 0 N–H and O–H groups in total. The summed E-state index contributed by atoms with van der Waals surface area (Å²) in [6, 6.07) is 0. The minimum Gasteiger partial charge on any atom is -0.756 e. The zero-order chi connectivity index (χ0) is 40.0. The van der Waals surface area contributed by atoms with Crippen LogP contribution in [0, 0.1) is 0 Å². The number of likely N-dealkylation sites (N-methyl/N-ethyl adjacent to an activating group) is 1. The van der Waals surface area contributed by atoms with E-state index in [1.54, 1.807) is 0 Å². The number of hydrogen-bond donors (Lipinski definition) is 0. The Kier molecular flexibility index (Phi) is 36.1. The van der Waals surface area contributed by atoms with Gasteiger partial charge in [-0.15, -0.1) is 0 Å². The summed E-state index contributed by atoms with van der Waals surface area (Å²) >= 11 is 0. The first-order valence-corrected chi connectivity index (χ1v) is 23.5. The van der Waals surface area contributed by atoms with Crippen LogP contribution < -0.4 is 4.89 Å². The number of nitrogens with zero attached hydrogens (tertiary/aromatic N) is 1. The first-order valence-electron chi connectivity index (χ1n) is 22.0. The van der Waals surface area contributed by atoms with Gasteiger partial charge in [0.1, 0.15) is 19.8 Å². The van der Waals surface area contributed by atoms with E-state index in [2.05, 4.69) is 38.2 Å². The third-order valence-corrected chi connectivity index (χ3v) is 10.4. The van der Waals surface area contributed by atoms with Crippen molar-refractivity contribution < 1.29 is 42.1 Å². The van der Waals surface area contributed by atoms with Crippen LogP contribution in [-0.2, 0) is 32.7 Å². The Balaban J connectivity index is 4.34. The standard InChI is InChI=1S/C44H84NO8P/c1-6-8-10-12-14-16-18-20-21-22-23-25-26-28-30-32-34-36-43(46)50-40-42(41-52-54(48,49)51-39-38-45(3,4)5)53-44(47)37-35-33-31-29-27-24-19-17-15-13-11-9-7-2/h14,16,20-21,42H,6-13,15,17-19,22-41H2,1-5H3/b16-14-,21-20-/t42-/m1/s1. The van der Waals surface area contributed by atoms with E-state index in [1.807, 2.05) is 21.1 Å². The van der Waals surface area contributed by atoms with E-state index in [-0.39, 0.29) is 32.0 Å². The van der Waals surface area contributed by atoms with E-state index in [1.165, 1.54) is 109 Å². The molecule has 0 radical (unpaired) electrons. The van der Waals surface area contributed by atoms with Gasteiger partial charge in [0, 0.05) is 12.8 Å². The van der Waals surface area contributed by atoms with Crippen LogP contribution in [0.2, 0.25) is 0 Å². The van der Waals surface area contributed by atoms with Crippen molar-refractivity contribution in [3.63, 3.8) is 0 Å². The largest absolute Gasteiger partial charge is 0.756 e. The summed E-state index contributed by atoms with van der Waals surface area (Å²) < 4.78 is 33.9. The highest BCUT2D eigenvalue weighted by Crippen LogP contribution is 2.38. The third-order valence-electron chi connectivity index (χ3n) is 9.47. The smallest absolute Gasteiger partial charge is 0.306 e. The Morgan fingerprint density at radius 3 is 1.50 bits per heavy atom. The van der Waals surface area contributed by atoms with Crippen LogP contribution in [0.25, 0.3) is 0 Å². The van der Waals surface area contributed by atoms with Crippen molar-refractivity contribution in [2.45, 2.75) is 200 Å². The molecule has 9 nitrogen and oxygen atoms in total. The summed E-state index contributed by atoms with van der Waals surface area (Å²) in [4.78, 5) is 37.5. The minimum atomic E-state index is -4.62. The molecule has 0 bridgehead atoms. The van der Waals surface area contributed by atoms with Crippen LogP contribution in [0.15, 0.2) is 24.3 Å². The predicted octanol–water partition coefficient (Wildman–Crippen LogP) is 11.7. The second-order valence-corrected chi connectivity index (χ2v) is 17.5. The average molecular weight is 786 g/mol. The van der Waals surface area contributed by atoms with Crippen LogP contribution in [0.3, 0.4) is 0 Å². The van der Waals surface area contributed by atoms with Gasteiger partial charge >= 0.3 is 11.9 Å². The van der Waals surface area contributed by atoms with Crippen molar-refractivity contribution in [2.75, 3.05) is 47.5 Å². The third kappa shape index (κ3) is 40.2. The number of hydrogen-bond acceptors (Lipinski definition) is 8. The second-order valence-electron chi connectivity index (χ2n) is 16.1. The number of esters is 2. The van der Waals surface area contributed by atoms with Crippen LogP contribution in [0.5, 0.6) is 0 Å². The lowest BCUT2D eigenvalue weighted by Gasteiger charge is -2.28. The molecule has 0 aromatic carbocycles. The summed E-state index contributed by atoms with van der Waals surface area (Å²) in [5, 5.41) is 0. The quantitative estimate of drug-likeness (QED) is 0.0198. The molecular weight excluding hydrogens is 701 g/mol. The van der Waals surface area contributed by atoms with Gasteiger partial charge in [0.05, 0.1) is 27.7 Å². The summed E-state index contributed by atoms with van der Waals surface area (Å²) in [7, 11) is 1.17. The first kappa shape index (κ1) is 52.5. The number of ether oxygens (including phenoxy) is 2. The zero-order valence-corrected chi connectivity index (χ0v) is 36.6. The molecule has 0 aliphatic rings. The predicted molar refractivity (Wildman–Crippen MR) is 222 cm³/mol. The van der Waals surface area contributed by atoms with Gasteiger partial charge in [-0.3, -0.25) is 14.2 Å². The lowest BCUT2D eigenvalue weighted by molar-refractivity contribution is -0.870. The molecule has 0 heterocycles. The van der Waals surface area contributed by atoms with Gasteiger partial charge < -0.3 is 27.9 Å². The van der Waals surface area contributed by atoms with Gasteiger partial charge in [0.15, 0.2) is 6.10 Å². The topological polar surface area (TPSA) is 111 Å². The fourth-order valence-corrected chi connectivity index (χ4v) is 6.71. The van der Waals surface area contributed by atoms with Gasteiger partial charge in [0.25, 0.3) is 7.82 Å². The Bertz CT molecular complexity index is 980. The number of quaternary nitrogens is 1. The Labute approximate surface area is 332 Å².